The summed E-state index contributed by atoms with van der Waals surface area (Å²) in [4.78, 5) is 25.3. The molecule has 1 fully saturated rings. The van der Waals surface area contributed by atoms with Crippen molar-refractivity contribution in [1.82, 2.24) is 4.90 Å². The summed E-state index contributed by atoms with van der Waals surface area (Å²) in [5, 5.41) is 0. The van der Waals surface area contributed by atoms with Crippen LogP contribution < -0.4 is 10.5 Å². The van der Waals surface area contributed by atoms with Crippen LogP contribution in [0.2, 0.25) is 0 Å². The lowest BCUT2D eigenvalue weighted by Crippen LogP contribution is -2.32. The molecule has 2 atom stereocenters. The second kappa shape index (κ2) is 8.95. The van der Waals surface area contributed by atoms with E-state index in [9.17, 15) is 4.79 Å². The van der Waals surface area contributed by atoms with Gasteiger partial charge >= 0.3 is 0 Å². The summed E-state index contributed by atoms with van der Waals surface area (Å²) in [5.41, 5.74) is 11.5. The number of nitrogens with two attached hydrogens (primary N) is 1. The molecule has 0 spiro atoms. The van der Waals surface area contributed by atoms with E-state index >= 15 is 0 Å². The number of nitrogens with zero attached hydrogens (tertiary/aromatic N) is 3. The number of carbonyl (C=O) groups is 1. The number of hydrogen-bond acceptors (Lipinski definition) is 6. The van der Waals surface area contributed by atoms with Crippen LogP contribution in [-0.4, -0.2) is 54.3 Å². The summed E-state index contributed by atoms with van der Waals surface area (Å²) in [6.07, 6.45) is 3.69. The predicted octanol–water partition coefficient (Wildman–Crippen LogP) is 3.85. The molecule has 3 aliphatic rings. The van der Waals surface area contributed by atoms with E-state index in [1.807, 2.05) is 24.8 Å². The van der Waals surface area contributed by atoms with Crippen molar-refractivity contribution in [2.24, 2.45) is 21.6 Å². The van der Waals surface area contributed by atoms with Gasteiger partial charge in [-0.25, -0.2) is 4.99 Å². The number of likely N-dealkylation sites (tertiary alicyclic amines) is 1. The van der Waals surface area contributed by atoms with E-state index in [0.29, 0.717) is 32.0 Å². The first-order chi connectivity index (χ1) is 16.0. The molecule has 0 aromatic heterocycles. The third-order valence-electron chi connectivity index (χ3n) is 6.63. The Morgan fingerprint density at radius 3 is 2.85 bits per heavy atom. The van der Waals surface area contributed by atoms with Crippen molar-refractivity contribution in [2.45, 2.75) is 43.7 Å². The van der Waals surface area contributed by atoms with Gasteiger partial charge in [-0.3, -0.25) is 9.79 Å². The number of amidine groups is 1. The summed E-state index contributed by atoms with van der Waals surface area (Å²) in [7, 11) is 0. The number of carbonyl (C=O) groups excluding carboxylic acids is 1. The van der Waals surface area contributed by atoms with E-state index in [1.165, 1.54) is 11.1 Å². The normalized spacial score (nSPS) is 21.4. The van der Waals surface area contributed by atoms with Crippen LogP contribution in [-0.2, 0) is 11.2 Å². The molecule has 1 amide bonds. The molecule has 7 heteroatoms. The molecule has 172 valence electrons. The van der Waals surface area contributed by atoms with Crippen LogP contribution in [0.3, 0.4) is 0 Å². The monoisotopic (exact) mass is 462 g/mol. The van der Waals surface area contributed by atoms with Gasteiger partial charge < -0.3 is 15.4 Å². The van der Waals surface area contributed by atoms with Crippen LogP contribution in [0.4, 0.5) is 0 Å². The molecular weight excluding hydrogens is 432 g/mol. The summed E-state index contributed by atoms with van der Waals surface area (Å²) in [6.45, 7) is 5.75. The lowest BCUT2D eigenvalue weighted by molar-refractivity contribution is -0.128. The molecule has 2 N–H and O–H groups in total. The Bertz CT molecular complexity index is 1160. The van der Waals surface area contributed by atoms with Gasteiger partial charge in [0.1, 0.15) is 5.75 Å². The fraction of sp³-hybridized carbons (Fsp3) is 0.423. The number of fused-ring (bicyclic) bond motifs is 3. The van der Waals surface area contributed by atoms with E-state index in [4.69, 9.17) is 20.5 Å². The predicted molar refractivity (Wildman–Crippen MR) is 134 cm³/mol. The second-order valence-electron chi connectivity index (χ2n) is 9.09. The van der Waals surface area contributed by atoms with Crippen molar-refractivity contribution >= 4 is 29.2 Å². The molecule has 2 aromatic carbocycles. The average Bonchev–Trinajstić information content (AvgIpc) is 3.49. The molecule has 5 rings (SSSR count). The first kappa shape index (κ1) is 22.2. The summed E-state index contributed by atoms with van der Waals surface area (Å²) in [6, 6.07) is 12.7. The van der Waals surface area contributed by atoms with E-state index in [1.54, 1.807) is 11.8 Å². The molecule has 33 heavy (non-hydrogen) atoms. The Kier molecular flexibility index (Phi) is 6.01. The quantitative estimate of drug-likeness (QED) is 0.634. The zero-order valence-electron chi connectivity index (χ0n) is 19.4. The zero-order chi connectivity index (χ0) is 23.1. The van der Waals surface area contributed by atoms with E-state index < -0.39 is 0 Å². The van der Waals surface area contributed by atoms with Gasteiger partial charge in [-0.2, -0.15) is 0 Å². The molecule has 1 aliphatic carbocycles. The minimum atomic E-state index is 0.135. The van der Waals surface area contributed by atoms with Crippen molar-refractivity contribution in [3.63, 3.8) is 0 Å². The van der Waals surface area contributed by atoms with Crippen LogP contribution in [0, 0.1) is 5.92 Å². The number of hydrogen-bond donors (Lipinski definition) is 1. The highest BCUT2D eigenvalue weighted by Crippen LogP contribution is 2.48. The number of amides is 1. The van der Waals surface area contributed by atoms with E-state index in [2.05, 4.69) is 36.6 Å². The van der Waals surface area contributed by atoms with Crippen LogP contribution in [0.15, 0.2) is 51.3 Å². The molecule has 0 radical (unpaired) electrons. The number of benzene rings is 2. The van der Waals surface area contributed by atoms with Gasteiger partial charge in [-0.15, -0.1) is 11.8 Å². The molecule has 1 saturated heterocycles. The lowest BCUT2D eigenvalue weighted by atomic mass is 10.0. The lowest BCUT2D eigenvalue weighted by Gasteiger charge is -2.24. The highest BCUT2D eigenvalue weighted by atomic mass is 32.2. The van der Waals surface area contributed by atoms with Crippen LogP contribution >= 0.6 is 11.8 Å². The fourth-order valence-corrected chi connectivity index (χ4v) is 5.86. The third-order valence-corrected chi connectivity index (χ3v) is 7.39. The Morgan fingerprint density at radius 1 is 1.24 bits per heavy atom. The average molecular weight is 463 g/mol. The third kappa shape index (κ3) is 3.97. The number of thioether (sulfide) groups is 1. The minimum absolute atomic E-state index is 0.135. The smallest absolute Gasteiger partial charge is 0.223 e. The Hall–Kier alpha value is -2.64. The first-order valence-corrected chi connectivity index (χ1v) is 12.8. The van der Waals surface area contributed by atoms with Crippen LogP contribution in [0.5, 0.6) is 5.75 Å². The molecule has 6 nitrogen and oxygen atoms in total. The number of rotatable bonds is 7. The van der Waals surface area contributed by atoms with E-state index in [-0.39, 0.29) is 18.1 Å². The van der Waals surface area contributed by atoms with Gasteiger partial charge in [0.15, 0.2) is 5.84 Å². The van der Waals surface area contributed by atoms with E-state index in [0.717, 1.165) is 39.7 Å². The minimum Gasteiger partial charge on any atom is -0.490 e. The van der Waals surface area contributed by atoms with Crippen LogP contribution in [0.1, 0.15) is 48.6 Å². The highest BCUT2D eigenvalue weighted by molar-refractivity contribution is 7.98. The fourth-order valence-electron chi connectivity index (χ4n) is 5.30. The van der Waals surface area contributed by atoms with Crippen molar-refractivity contribution in [3.8, 4) is 5.75 Å². The maximum atomic E-state index is 12.5. The van der Waals surface area contributed by atoms with Gasteiger partial charge in [0.05, 0.1) is 24.4 Å². The Morgan fingerprint density at radius 2 is 2.09 bits per heavy atom. The van der Waals surface area contributed by atoms with Crippen LogP contribution in [0.25, 0.3) is 0 Å². The van der Waals surface area contributed by atoms with Crippen molar-refractivity contribution in [3.05, 3.63) is 58.7 Å². The molecule has 0 saturated carbocycles. The summed E-state index contributed by atoms with van der Waals surface area (Å²) < 4.78 is 5.94. The topological polar surface area (TPSA) is 80.3 Å². The maximum Gasteiger partial charge on any atom is 0.223 e. The molecule has 0 bridgehead atoms. The van der Waals surface area contributed by atoms with Crippen molar-refractivity contribution in [1.29, 1.82) is 0 Å². The Labute approximate surface area is 199 Å². The zero-order valence-corrected chi connectivity index (χ0v) is 20.2. The molecule has 1 unspecified atom stereocenters. The summed E-state index contributed by atoms with van der Waals surface area (Å²) >= 11 is 1.68. The SMILES string of the molecule is CSc1cc(C2=NC(c3cccc4c3C[C@H]3CC(=O)N(CCN)C43)=NC2)ccc1OC(C)C. The molecule has 2 aromatic rings. The number of ether oxygens (including phenoxy) is 1. The largest absolute Gasteiger partial charge is 0.490 e. The van der Waals surface area contributed by atoms with Crippen molar-refractivity contribution in [2.75, 3.05) is 25.9 Å². The summed E-state index contributed by atoms with van der Waals surface area (Å²) in [5.74, 6) is 2.25. The van der Waals surface area contributed by atoms with Gasteiger partial charge in [0, 0.05) is 30.0 Å². The van der Waals surface area contributed by atoms with Gasteiger partial charge in [-0.1, -0.05) is 18.2 Å². The maximum absolute atomic E-state index is 12.5. The van der Waals surface area contributed by atoms with Crippen molar-refractivity contribution < 1.29 is 9.53 Å². The van der Waals surface area contributed by atoms with Gasteiger partial charge in [0.2, 0.25) is 5.91 Å². The molecular formula is C26H30N4O2S. The Balaban J connectivity index is 1.44. The molecule has 2 heterocycles. The van der Waals surface area contributed by atoms with Gasteiger partial charge in [0.25, 0.3) is 0 Å². The standard InChI is InChI=1S/C26H30N4O2S/c1-15(2)32-22-8-7-16(12-23(22)33-3)21-14-28-26(29-21)19-6-4-5-18-20(19)11-17-13-24(31)30(10-9-27)25(17)18/h4-8,12,15,17,25H,9-11,13-14,27H2,1-3H3/t17-,25?/m0/s1. The molecule has 2 aliphatic heterocycles. The second-order valence-corrected chi connectivity index (χ2v) is 9.94. The van der Waals surface area contributed by atoms with Gasteiger partial charge in [-0.05, 0) is 67.3 Å². The highest BCUT2D eigenvalue weighted by Gasteiger charge is 2.46. The number of aliphatic imine (C=N–C) groups is 2. The first-order valence-electron chi connectivity index (χ1n) is 11.6.